The Labute approximate surface area is 201 Å². The van der Waals surface area contributed by atoms with Crippen molar-refractivity contribution < 1.29 is 13.2 Å². The molecule has 1 fully saturated rings. The normalized spacial score (nSPS) is 15.4. The van der Waals surface area contributed by atoms with Crippen LogP contribution >= 0.6 is 0 Å². The average molecular weight is 481 g/mol. The summed E-state index contributed by atoms with van der Waals surface area (Å²) in [6, 6.07) is 15.4. The summed E-state index contributed by atoms with van der Waals surface area (Å²) in [5, 5.41) is 7.35. The van der Waals surface area contributed by atoms with Gasteiger partial charge in [0.05, 0.1) is 17.6 Å². The van der Waals surface area contributed by atoms with Crippen LogP contribution in [0.15, 0.2) is 59.6 Å². The Balaban J connectivity index is 1.36. The number of hydrogen-bond acceptors (Lipinski definition) is 4. The largest absolute Gasteiger partial charge is 0.311 e. The SMILES string of the molecule is CCc1ccc(Cn2nccc2NC(=O)C2CCN(S(=O)(=O)c3ccc(C)c(C)c3)CC2)cc1. The Morgan fingerprint density at radius 1 is 1.00 bits per heavy atom. The predicted octanol–water partition coefficient (Wildman–Crippen LogP) is 4.15. The third kappa shape index (κ3) is 5.23. The minimum absolute atomic E-state index is 0.0914. The van der Waals surface area contributed by atoms with E-state index in [1.807, 2.05) is 19.9 Å². The van der Waals surface area contributed by atoms with Crippen LogP contribution in [0.5, 0.6) is 0 Å². The van der Waals surface area contributed by atoms with E-state index in [0.717, 1.165) is 23.1 Å². The fraction of sp³-hybridized carbons (Fsp3) is 0.385. The maximum atomic E-state index is 13.1. The third-order valence-electron chi connectivity index (χ3n) is 6.67. The lowest BCUT2D eigenvalue weighted by Gasteiger charge is -2.30. The van der Waals surface area contributed by atoms with Gasteiger partial charge in [-0.05, 0) is 67.5 Å². The molecule has 0 saturated carbocycles. The predicted molar refractivity (Wildman–Crippen MR) is 133 cm³/mol. The molecule has 180 valence electrons. The zero-order valence-electron chi connectivity index (χ0n) is 20.0. The van der Waals surface area contributed by atoms with Crippen LogP contribution in [0.25, 0.3) is 0 Å². The summed E-state index contributed by atoms with van der Waals surface area (Å²) in [5.74, 6) is 0.319. The molecule has 1 saturated heterocycles. The first-order chi connectivity index (χ1) is 16.3. The van der Waals surface area contributed by atoms with E-state index in [2.05, 4.69) is 41.6 Å². The van der Waals surface area contributed by atoms with Crippen molar-refractivity contribution in [3.63, 3.8) is 0 Å². The molecular formula is C26H32N4O3S. The van der Waals surface area contributed by atoms with Gasteiger partial charge in [0.2, 0.25) is 15.9 Å². The van der Waals surface area contributed by atoms with Gasteiger partial charge in [0.1, 0.15) is 5.82 Å². The molecule has 1 aromatic heterocycles. The maximum absolute atomic E-state index is 13.1. The first kappa shape index (κ1) is 24.2. The van der Waals surface area contributed by atoms with Gasteiger partial charge in [0, 0.05) is 25.1 Å². The number of benzene rings is 2. The fourth-order valence-electron chi connectivity index (χ4n) is 4.23. The highest BCUT2D eigenvalue weighted by Crippen LogP contribution is 2.26. The maximum Gasteiger partial charge on any atom is 0.243 e. The summed E-state index contributed by atoms with van der Waals surface area (Å²) in [6.07, 6.45) is 3.65. The molecule has 0 spiro atoms. The van der Waals surface area contributed by atoms with Crippen LogP contribution in [-0.4, -0.2) is 41.5 Å². The van der Waals surface area contributed by atoms with Gasteiger partial charge in [0.25, 0.3) is 0 Å². The molecule has 7 nitrogen and oxygen atoms in total. The van der Waals surface area contributed by atoms with E-state index >= 15 is 0 Å². The van der Waals surface area contributed by atoms with Crippen LogP contribution in [0.1, 0.15) is 42.0 Å². The summed E-state index contributed by atoms with van der Waals surface area (Å²) < 4.78 is 29.4. The number of rotatable bonds is 7. The summed E-state index contributed by atoms with van der Waals surface area (Å²) in [6.45, 7) is 7.23. The van der Waals surface area contributed by atoms with Crippen molar-refractivity contribution in [2.45, 2.75) is 51.5 Å². The number of piperidine rings is 1. The van der Waals surface area contributed by atoms with E-state index in [4.69, 9.17) is 0 Å². The molecular weight excluding hydrogens is 448 g/mol. The molecule has 0 bridgehead atoms. The number of carbonyl (C=O) groups excluding carboxylic acids is 1. The van der Waals surface area contributed by atoms with Crippen molar-refractivity contribution in [1.29, 1.82) is 0 Å². The summed E-state index contributed by atoms with van der Waals surface area (Å²) in [5.41, 5.74) is 4.41. The van der Waals surface area contributed by atoms with Crippen molar-refractivity contribution in [3.05, 3.63) is 77.0 Å². The van der Waals surface area contributed by atoms with Gasteiger partial charge in [0.15, 0.2) is 0 Å². The monoisotopic (exact) mass is 480 g/mol. The second-order valence-corrected chi connectivity index (χ2v) is 10.9. The van der Waals surface area contributed by atoms with Crippen molar-refractivity contribution in [3.8, 4) is 0 Å². The van der Waals surface area contributed by atoms with Gasteiger partial charge in [-0.1, -0.05) is 37.3 Å². The molecule has 0 unspecified atom stereocenters. The number of sulfonamides is 1. The average Bonchev–Trinajstić information content (AvgIpc) is 3.27. The molecule has 8 heteroatoms. The summed E-state index contributed by atoms with van der Waals surface area (Å²) in [7, 11) is -3.56. The van der Waals surface area contributed by atoms with Crippen molar-refractivity contribution in [2.75, 3.05) is 18.4 Å². The molecule has 1 N–H and O–H groups in total. The molecule has 34 heavy (non-hydrogen) atoms. The molecule has 0 radical (unpaired) electrons. The van der Waals surface area contributed by atoms with E-state index in [1.54, 1.807) is 29.1 Å². The Morgan fingerprint density at radius 2 is 1.68 bits per heavy atom. The first-order valence-electron chi connectivity index (χ1n) is 11.8. The van der Waals surface area contributed by atoms with E-state index in [0.29, 0.717) is 43.2 Å². The van der Waals surface area contributed by atoms with Crippen LogP contribution < -0.4 is 5.32 Å². The molecule has 2 heterocycles. The number of hydrogen-bond donors (Lipinski definition) is 1. The fourth-order valence-corrected chi connectivity index (χ4v) is 5.78. The van der Waals surface area contributed by atoms with Crippen LogP contribution in [0.3, 0.4) is 0 Å². The van der Waals surface area contributed by atoms with E-state index in [1.165, 1.54) is 9.87 Å². The summed E-state index contributed by atoms with van der Waals surface area (Å²) in [4.78, 5) is 13.3. The number of aromatic nitrogens is 2. The topological polar surface area (TPSA) is 84.3 Å². The Morgan fingerprint density at radius 3 is 2.32 bits per heavy atom. The first-order valence-corrected chi connectivity index (χ1v) is 13.2. The highest BCUT2D eigenvalue weighted by molar-refractivity contribution is 7.89. The number of nitrogens with one attached hydrogen (secondary N) is 1. The molecule has 1 amide bonds. The number of nitrogens with zero attached hydrogens (tertiary/aromatic N) is 3. The van der Waals surface area contributed by atoms with Crippen LogP contribution in [0.2, 0.25) is 0 Å². The second kappa shape index (κ2) is 10.1. The molecule has 0 aliphatic carbocycles. The van der Waals surface area contributed by atoms with Gasteiger partial charge in [-0.25, -0.2) is 13.1 Å². The lowest BCUT2D eigenvalue weighted by Crippen LogP contribution is -2.41. The zero-order chi connectivity index (χ0) is 24.3. The van der Waals surface area contributed by atoms with Crippen LogP contribution in [0, 0.1) is 19.8 Å². The number of amides is 1. The smallest absolute Gasteiger partial charge is 0.243 e. The lowest BCUT2D eigenvalue weighted by atomic mass is 9.97. The molecule has 3 aromatic rings. The Kier molecular flexibility index (Phi) is 7.19. The quantitative estimate of drug-likeness (QED) is 0.551. The number of anilines is 1. The summed E-state index contributed by atoms with van der Waals surface area (Å²) >= 11 is 0. The van der Waals surface area contributed by atoms with E-state index in [-0.39, 0.29) is 11.8 Å². The second-order valence-electron chi connectivity index (χ2n) is 8.96. The minimum Gasteiger partial charge on any atom is -0.311 e. The van der Waals surface area contributed by atoms with Gasteiger partial charge >= 0.3 is 0 Å². The van der Waals surface area contributed by atoms with E-state index in [9.17, 15) is 13.2 Å². The molecule has 1 aliphatic heterocycles. The Hall–Kier alpha value is -2.97. The van der Waals surface area contributed by atoms with Crippen LogP contribution in [0.4, 0.5) is 5.82 Å². The molecule has 0 atom stereocenters. The standard InChI is InChI=1S/C26H32N4O3S/c1-4-21-6-8-22(9-7-21)18-30-25(11-14-27-30)28-26(31)23-12-15-29(16-13-23)34(32,33)24-10-5-19(2)20(3)17-24/h5-11,14,17,23H,4,12-13,15-16,18H2,1-3H3,(H,28,31). The minimum atomic E-state index is -3.56. The highest BCUT2D eigenvalue weighted by Gasteiger charge is 2.32. The number of carbonyl (C=O) groups is 1. The number of aryl methyl sites for hydroxylation is 3. The van der Waals surface area contributed by atoms with E-state index < -0.39 is 10.0 Å². The Bertz CT molecular complexity index is 1260. The lowest BCUT2D eigenvalue weighted by molar-refractivity contribution is -0.121. The zero-order valence-corrected chi connectivity index (χ0v) is 20.8. The third-order valence-corrected chi connectivity index (χ3v) is 8.57. The van der Waals surface area contributed by atoms with Crippen molar-refractivity contribution in [2.24, 2.45) is 5.92 Å². The van der Waals surface area contributed by atoms with Crippen molar-refractivity contribution >= 4 is 21.7 Å². The van der Waals surface area contributed by atoms with Crippen molar-refractivity contribution in [1.82, 2.24) is 14.1 Å². The van der Waals surface area contributed by atoms with Gasteiger partial charge < -0.3 is 5.32 Å². The van der Waals surface area contributed by atoms with Gasteiger partial charge in [-0.15, -0.1) is 0 Å². The van der Waals surface area contributed by atoms with Gasteiger partial charge in [-0.3, -0.25) is 4.79 Å². The highest BCUT2D eigenvalue weighted by atomic mass is 32.2. The molecule has 1 aliphatic rings. The molecule has 4 rings (SSSR count). The van der Waals surface area contributed by atoms with Gasteiger partial charge in [-0.2, -0.15) is 9.40 Å². The molecule has 2 aromatic carbocycles. The van der Waals surface area contributed by atoms with Crippen LogP contribution in [-0.2, 0) is 27.8 Å².